The summed E-state index contributed by atoms with van der Waals surface area (Å²) in [7, 11) is 0. The van der Waals surface area contributed by atoms with E-state index < -0.39 is 0 Å². The van der Waals surface area contributed by atoms with Gasteiger partial charge in [0, 0.05) is 37.9 Å². The number of guanidine groups is 1. The maximum Gasteiger partial charge on any atom is 0.213 e. The molecule has 0 atom stereocenters. The van der Waals surface area contributed by atoms with Crippen LogP contribution in [0.15, 0.2) is 23.3 Å². The molecule has 0 spiro atoms. The van der Waals surface area contributed by atoms with Crippen LogP contribution in [-0.4, -0.2) is 54.2 Å². The van der Waals surface area contributed by atoms with Crippen molar-refractivity contribution >= 4 is 5.96 Å². The molecule has 2 N–H and O–H groups in total. The van der Waals surface area contributed by atoms with Gasteiger partial charge in [-0.3, -0.25) is 0 Å². The number of aromatic nitrogens is 1. The topological polar surface area (TPSA) is 61.8 Å². The Morgan fingerprint density at radius 1 is 1.17 bits per heavy atom. The number of ether oxygens (including phenoxy) is 1. The molecule has 1 aromatic heterocycles. The van der Waals surface area contributed by atoms with Crippen LogP contribution in [0, 0.1) is 0 Å². The van der Waals surface area contributed by atoms with Gasteiger partial charge in [-0.1, -0.05) is 13.3 Å². The Bertz CT molecular complexity index is 621. The van der Waals surface area contributed by atoms with E-state index in [1.807, 2.05) is 18.3 Å². The van der Waals surface area contributed by atoms with Crippen LogP contribution in [0.4, 0.5) is 0 Å². The highest BCUT2D eigenvalue weighted by atomic mass is 16.5. The predicted molar refractivity (Wildman–Crippen MR) is 119 cm³/mol. The van der Waals surface area contributed by atoms with Crippen molar-refractivity contribution < 1.29 is 4.74 Å². The zero-order valence-corrected chi connectivity index (χ0v) is 18.3. The average Bonchev–Trinajstić information content (AvgIpc) is 2.75. The van der Waals surface area contributed by atoms with Crippen molar-refractivity contribution in [2.75, 3.05) is 26.2 Å². The summed E-state index contributed by atoms with van der Waals surface area (Å²) in [4.78, 5) is 11.8. The zero-order chi connectivity index (χ0) is 20.3. The first kappa shape index (κ1) is 21.9. The Morgan fingerprint density at radius 2 is 1.97 bits per heavy atom. The van der Waals surface area contributed by atoms with Gasteiger partial charge in [0.2, 0.25) is 5.88 Å². The lowest BCUT2D eigenvalue weighted by Crippen LogP contribution is -2.48. The van der Waals surface area contributed by atoms with Gasteiger partial charge in [-0.05, 0) is 70.0 Å². The Hall–Kier alpha value is -1.82. The third kappa shape index (κ3) is 7.50. The Morgan fingerprint density at radius 3 is 2.69 bits per heavy atom. The van der Waals surface area contributed by atoms with Gasteiger partial charge in [-0.15, -0.1) is 0 Å². The molecule has 1 aliphatic heterocycles. The van der Waals surface area contributed by atoms with E-state index in [0.29, 0.717) is 18.7 Å². The van der Waals surface area contributed by atoms with Gasteiger partial charge in [0.25, 0.3) is 0 Å². The molecular formula is C23H39N5O. The second-order valence-corrected chi connectivity index (χ2v) is 8.34. The van der Waals surface area contributed by atoms with E-state index in [4.69, 9.17) is 9.73 Å². The number of pyridine rings is 1. The van der Waals surface area contributed by atoms with Crippen molar-refractivity contribution in [1.82, 2.24) is 20.5 Å². The molecule has 0 unspecified atom stereocenters. The number of piperidine rings is 1. The van der Waals surface area contributed by atoms with E-state index in [-0.39, 0.29) is 0 Å². The second-order valence-electron chi connectivity index (χ2n) is 8.34. The van der Waals surface area contributed by atoms with Crippen LogP contribution >= 0.6 is 0 Å². The number of rotatable bonds is 8. The van der Waals surface area contributed by atoms with Gasteiger partial charge in [-0.25, -0.2) is 9.98 Å². The summed E-state index contributed by atoms with van der Waals surface area (Å²) in [6.07, 6.45) is 11.9. The molecule has 6 nitrogen and oxygen atoms in total. The molecule has 2 heterocycles. The largest absolute Gasteiger partial charge is 0.474 e. The van der Waals surface area contributed by atoms with Crippen LogP contribution in [-0.2, 0) is 6.54 Å². The molecule has 2 aliphatic rings. The minimum atomic E-state index is 0.326. The zero-order valence-electron chi connectivity index (χ0n) is 18.3. The van der Waals surface area contributed by atoms with Gasteiger partial charge < -0.3 is 20.3 Å². The van der Waals surface area contributed by atoms with Crippen LogP contribution in [0.5, 0.6) is 5.88 Å². The number of hydrogen-bond donors (Lipinski definition) is 2. The molecule has 0 aromatic carbocycles. The number of nitrogens with zero attached hydrogens (tertiary/aromatic N) is 3. The number of nitrogens with one attached hydrogen (secondary N) is 2. The Kier molecular flexibility index (Phi) is 9.06. The lowest BCUT2D eigenvalue weighted by molar-refractivity contribution is 0.148. The number of hydrogen-bond acceptors (Lipinski definition) is 4. The molecule has 2 fully saturated rings. The van der Waals surface area contributed by atoms with Crippen molar-refractivity contribution in [3.05, 3.63) is 23.9 Å². The van der Waals surface area contributed by atoms with Gasteiger partial charge in [0.05, 0.1) is 6.54 Å². The minimum absolute atomic E-state index is 0.326. The van der Waals surface area contributed by atoms with Gasteiger partial charge in [0.15, 0.2) is 5.96 Å². The fourth-order valence-electron chi connectivity index (χ4n) is 4.27. The van der Waals surface area contributed by atoms with Gasteiger partial charge in [-0.2, -0.15) is 0 Å². The fraction of sp³-hybridized carbons (Fsp3) is 0.739. The van der Waals surface area contributed by atoms with Crippen LogP contribution in [0.1, 0.15) is 70.8 Å². The highest BCUT2D eigenvalue weighted by Crippen LogP contribution is 2.22. The highest BCUT2D eigenvalue weighted by Gasteiger charge is 2.19. The Labute approximate surface area is 176 Å². The summed E-state index contributed by atoms with van der Waals surface area (Å²) in [6.45, 7) is 9.44. The van der Waals surface area contributed by atoms with Crippen LogP contribution in [0.2, 0.25) is 0 Å². The van der Waals surface area contributed by atoms with Crippen molar-refractivity contribution in [3.8, 4) is 5.88 Å². The monoisotopic (exact) mass is 401 g/mol. The van der Waals surface area contributed by atoms with Gasteiger partial charge >= 0.3 is 0 Å². The summed E-state index contributed by atoms with van der Waals surface area (Å²) >= 11 is 0. The highest BCUT2D eigenvalue weighted by molar-refractivity contribution is 5.80. The summed E-state index contributed by atoms with van der Waals surface area (Å²) in [5, 5.41) is 7.03. The lowest BCUT2D eigenvalue weighted by atomic mass is 9.98. The fourth-order valence-corrected chi connectivity index (χ4v) is 4.27. The van der Waals surface area contributed by atoms with Crippen molar-refractivity contribution in [1.29, 1.82) is 0 Å². The van der Waals surface area contributed by atoms with Crippen LogP contribution in [0.25, 0.3) is 0 Å². The molecule has 29 heavy (non-hydrogen) atoms. The third-order valence-electron chi connectivity index (χ3n) is 5.87. The molecule has 0 amide bonds. The first-order chi connectivity index (χ1) is 14.3. The first-order valence-electron chi connectivity index (χ1n) is 11.7. The number of aliphatic imine (C=N–C) groups is 1. The molecule has 162 valence electrons. The van der Waals surface area contributed by atoms with E-state index in [0.717, 1.165) is 36.8 Å². The summed E-state index contributed by atoms with van der Waals surface area (Å²) in [5.41, 5.74) is 1.14. The first-order valence-corrected chi connectivity index (χ1v) is 11.7. The Balaban J connectivity index is 1.52. The molecule has 1 aliphatic carbocycles. The predicted octanol–water partition coefficient (Wildman–Crippen LogP) is 3.72. The number of likely N-dealkylation sites (tertiary alicyclic amines) is 1. The standard InChI is InChI=1S/C23H39N5O/c1-3-14-28-15-11-20(12-16-28)27-23(24-4-2)26-18-19-10-13-25-22(17-19)29-21-8-6-5-7-9-21/h10,13,17,20-21H,3-9,11-12,14-16,18H2,1-2H3,(H2,24,26,27). The molecular weight excluding hydrogens is 362 g/mol. The lowest BCUT2D eigenvalue weighted by Gasteiger charge is -2.32. The summed E-state index contributed by atoms with van der Waals surface area (Å²) in [6, 6.07) is 4.58. The van der Waals surface area contributed by atoms with Gasteiger partial charge in [0.1, 0.15) is 6.10 Å². The van der Waals surface area contributed by atoms with E-state index in [1.165, 1.54) is 58.2 Å². The van der Waals surface area contributed by atoms with E-state index in [9.17, 15) is 0 Å². The van der Waals surface area contributed by atoms with Crippen LogP contribution in [0.3, 0.4) is 0 Å². The summed E-state index contributed by atoms with van der Waals surface area (Å²) < 4.78 is 6.11. The smallest absolute Gasteiger partial charge is 0.213 e. The molecule has 1 saturated carbocycles. The molecule has 6 heteroatoms. The summed E-state index contributed by atoms with van der Waals surface area (Å²) in [5.74, 6) is 1.65. The molecule has 0 bridgehead atoms. The van der Waals surface area contributed by atoms with Crippen molar-refractivity contribution in [2.45, 2.75) is 83.9 Å². The second kappa shape index (κ2) is 12.0. The SMILES string of the molecule is CCCN1CCC(NC(=NCc2ccnc(OC3CCCCC3)c2)NCC)CC1. The molecule has 3 rings (SSSR count). The van der Waals surface area contributed by atoms with E-state index in [1.54, 1.807) is 0 Å². The maximum absolute atomic E-state index is 6.11. The molecule has 1 saturated heterocycles. The van der Waals surface area contributed by atoms with Crippen molar-refractivity contribution in [2.24, 2.45) is 4.99 Å². The normalized spacial score (nSPS) is 19.9. The minimum Gasteiger partial charge on any atom is -0.474 e. The quantitative estimate of drug-likeness (QED) is 0.513. The molecule has 0 radical (unpaired) electrons. The third-order valence-corrected chi connectivity index (χ3v) is 5.87. The molecule has 1 aromatic rings. The van der Waals surface area contributed by atoms with Crippen LogP contribution < -0.4 is 15.4 Å². The van der Waals surface area contributed by atoms with E-state index >= 15 is 0 Å². The maximum atomic E-state index is 6.11. The average molecular weight is 402 g/mol. The van der Waals surface area contributed by atoms with E-state index in [2.05, 4.69) is 34.4 Å². The van der Waals surface area contributed by atoms with Crippen molar-refractivity contribution in [3.63, 3.8) is 0 Å².